The van der Waals surface area contributed by atoms with Crippen LogP contribution in [0.25, 0.3) is 0 Å². The zero-order valence-corrected chi connectivity index (χ0v) is 14.3. The van der Waals surface area contributed by atoms with Crippen molar-refractivity contribution < 1.29 is 8.42 Å². The summed E-state index contributed by atoms with van der Waals surface area (Å²) in [5, 5.41) is -0.349. The highest BCUT2D eigenvalue weighted by Gasteiger charge is 2.44. The summed E-state index contributed by atoms with van der Waals surface area (Å²) < 4.78 is 24.3. The molecule has 1 saturated heterocycles. The molecule has 0 aromatic carbocycles. The summed E-state index contributed by atoms with van der Waals surface area (Å²) in [6.45, 7) is 3.73. The summed E-state index contributed by atoms with van der Waals surface area (Å²) in [7, 11) is -3.05. The van der Waals surface area contributed by atoms with Crippen molar-refractivity contribution in [2.24, 2.45) is 11.7 Å². The van der Waals surface area contributed by atoms with Crippen molar-refractivity contribution in [2.75, 3.05) is 30.9 Å². The van der Waals surface area contributed by atoms with Crippen molar-refractivity contribution in [3.8, 4) is 0 Å². The van der Waals surface area contributed by atoms with E-state index in [0.29, 0.717) is 12.3 Å². The van der Waals surface area contributed by atoms with Gasteiger partial charge in [0.2, 0.25) is 0 Å². The topological polar surface area (TPSA) is 63.4 Å². The van der Waals surface area contributed by atoms with Crippen LogP contribution in [0.1, 0.15) is 39.0 Å². The van der Waals surface area contributed by atoms with Gasteiger partial charge in [-0.25, -0.2) is 8.42 Å². The van der Waals surface area contributed by atoms with Crippen LogP contribution in [0.4, 0.5) is 0 Å². The fourth-order valence-electron chi connectivity index (χ4n) is 3.65. The Balaban J connectivity index is 2.27. The van der Waals surface area contributed by atoms with E-state index in [9.17, 15) is 8.42 Å². The molecule has 0 bridgehead atoms. The standard InChI is InChI=1S/C14H28N2O2S2/c1-12-4-3-6-14(11-15,7-5-12)16-8-9-19-10-13(16)20(2,17)18/h12-13H,3-11,15H2,1-2H3. The molecule has 20 heavy (non-hydrogen) atoms. The van der Waals surface area contributed by atoms with Crippen LogP contribution in [0.3, 0.4) is 0 Å². The van der Waals surface area contributed by atoms with Gasteiger partial charge in [-0.1, -0.05) is 19.8 Å². The van der Waals surface area contributed by atoms with Gasteiger partial charge in [0.1, 0.15) is 5.37 Å². The lowest BCUT2D eigenvalue weighted by Crippen LogP contribution is -2.62. The maximum atomic E-state index is 12.2. The molecule has 0 amide bonds. The number of thioether (sulfide) groups is 1. The van der Waals surface area contributed by atoms with Crippen LogP contribution in [-0.2, 0) is 9.84 Å². The minimum Gasteiger partial charge on any atom is -0.329 e. The summed E-state index contributed by atoms with van der Waals surface area (Å²) in [5.41, 5.74) is 6.05. The van der Waals surface area contributed by atoms with Gasteiger partial charge in [0.25, 0.3) is 0 Å². The van der Waals surface area contributed by atoms with Crippen LogP contribution in [0.15, 0.2) is 0 Å². The Kier molecular flexibility index (Phi) is 5.43. The lowest BCUT2D eigenvalue weighted by atomic mass is 9.87. The first-order valence-corrected chi connectivity index (χ1v) is 10.7. The van der Waals surface area contributed by atoms with Gasteiger partial charge in [-0.3, -0.25) is 4.90 Å². The maximum absolute atomic E-state index is 12.2. The van der Waals surface area contributed by atoms with Crippen molar-refractivity contribution >= 4 is 21.6 Å². The molecule has 1 aliphatic carbocycles. The van der Waals surface area contributed by atoms with Gasteiger partial charge in [0.05, 0.1) is 0 Å². The molecule has 118 valence electrons. The quantitative estimate of drug-likeness (QED) is 0.802. The Bertz CT molecular complexity index is 427. The van der Waals surface area contributed by atoms with Gasteiger partial charge in [-0.15, -0.1) is 0 Å². The molecule has 2 aliphatic rings. The lowest BCUT2D eigenvalue weighted by molar-refractivity contribution is 0.0730. The number of nitrogens with two attached hydrogens (primary N) is 1. The summed E-state index contributed by atoms with van der Waals surface area (Å²) in [6.07, 6.45) is 7.04. The smallest absolute Gasteiger partial charge is 0.164 e. The second-order valence-corrected chi connectivity index (χ2v) is 9.87. The molecule has 0 radical (unpaired) electrons. The van der Waals surface area contributed by atoms with Crippen molar-refractivity contribution in [2.45, 2.75) is 49.9 Å². The van der Waals surface area contributed by atoms with E-state index in [-0.39, 0.29) is 10.9 Å². The first-order chi connectivity index (χ1) is 9.39. The third-order valence-corrected chi connectivity index (χ3v) is 7.65. The molecule has 0 aromatic heterocycles. The lowest BCUT2D eigenvalue weighted by Gasteiger charge is -2.48. The van der Waals surface area contributed by atoms with E-state index < -0.39 is 9.84 Å². The fourth-order valence-corrected chi connectivity index (χ4v) is 6.59. The van der Waals surface area contributed by atoms with Gasteiger partial charge in [-0.05, 0) is 25.2 Å². The van der Waals surface area contributed by atoms with Crippen LogP contribution in [-0.4, -0.2) is 55.1 Å². The van der Waals surface area contributed by atoms with Gasteiger partial charge in [-0.2, -0.15) is 11.8 Å². The molecule has 0 aromatic rings. The second kappa shape index (κ2) is 6.55. The minimum atomic E-state index is -3.05. The predicted molar refractivity (Wildman–Crippen MR) is 86.7 cm³/mol. The monoisotopic (exact) mass is 320 g/mol. The predicted octanol–water partition coefficient (Wildman–Crippen LogP) is 1.70. The van der Waals surface area contributed by atoms with Crippen molar-refractivity contribution in [3.63, 3.8) is 0 Å². The Morgan fingerprint density at radius 3 is 2.75 bits per heavy atom. The first-order valence-electron chi connectivity index (χ1n) is 7.62. The van der Waals surface area contributed by atoms with Gasteiger partial charge < -0.3 is 5.73 Å². The molecule has 0 spiro atoms. The molecule has 1 saturated carbocycles. The first kappa shape index (κ1) is 16.6. The van der Waals surface area contributed by atoms with E-state index in [2.05, 4.69) is 11.8 Å². The third-order valence-electron chi connectivity index (χ3n) is 5.01. The Labute approximate surface area is 127 Å². The molecule has 3 unspecified atom stereocenters. The molecule has 6 heteroatoms. The van der Waals surface area contributed by atoms with E-state index >= 15 is 0 Å². The summed E-state index contributed by atoms with van der Waals surface area (Å²) in [4.78, 5) is 2.25. The number of nitrogens with zero attached hydrogens (tertiary/aromatic N) is 1. The van der Waals surface area contributed by atoms with E-state index in [4.69, 9.17) is 5.73 Å². The van der Waals surface area contributed by atoms with E-state index in [0.717, 1.165) is 37.5 Å². The third kappa shape index (κ3) is 3.51. The SMILES string of the molecule is CC1CCCC(CN)(N2CCSCC2S(C)(=O)=O)CC1. The van der Waals surface area contributed by atoms with Gasteiger partial charge in [0, 0.05) is 36.4 Å². The molecular formula is C14H28N2O2S2. The largest absolute Gasteiger partial charge is 0.329 e. The summed E-state index contributed by atoms with van der Waals surface area (Å²) >= 11 is 1.75. The maximum Gasteiger partial charge on any atom is 0.164 e. The number of rotatable bonds is 3. The van der Waals surface area contributed by atoms with E-state index in [1.807, 2.05) is 0 Å². The Morgan fingerprint density at radius 1 is 1.35 bits per heavy atom. The average molecular weight is 321 g/mol. The Hall–Kier alpha value is 0.220. The average Bonchev–Trinajstić information content (AvgIpc) is 2.60. The van der Waals surface area contributed by atoms with Crippen LogP contribution < -0.4 is 5.73 Å². The number of sulfone groups is 1. The van der Waals surface area contributed by atoms with Gasteiger partial charge in [0.15, 0.2) is 9.84 Å². The molecular weight excluding hydrogens is 292 g/mol. The van der Waals surface area contributed by atoms with Crippen LogP contribution in [0.5, 0.6) is 0 Å². The summed E-state index contributed by atoms with van der Waals surface area (Å²) in [6, 6.07) is 0. The van der Waals surface area contributed by atoms with E-state index in [1.165, 1.54) is 19.1 Å². The highest BCUT2D eigenvalue weighted by atomic mass is 32.2. The van der Waals surface area contributed by atoms with Crippen molar-refractivity contribution in [3.05, 3.63) is 0 Å². The van der Waals surface area contributed by atoms with Crippen LogP contribution in [0, 0.1) is 5.92 Å². The number of hydrogen-bond acceptors (Lipinski definition) is 5. The normalized spacial score (nSPS) is 37.5. The molecule has 3 atom stereocenters. The zero-order valence-electron chi connectivity index (χ0n) is 12.7. The molecule has 1 heterocycles. The summed E-state index contributed by atoms with van der Waals surface area (Å²) in [5.74, 6) is 2.44. The Morgan fingerprint density at radius 2 is 2.10 bits per heavy atom. The molecule has 2 rings (SSSR count). The fraction of sp³-hybridized carbons (Fsp3) is 1.00. The van der Waals surface area contributed by atoms with Crippen molar-refractivity contribution in [1.82, 2.24) is 4.90 Å². The minimum absolute atomic E-state index is 0.0977. The molecule has 1 aliphatic heterocycles. The highest BCUT2D eigenvalue weighted by Crippen LogP contribution is 2.38. The van der Waals surface area contributed by atoms with E-state index in [1.54, 1.807) is 11.8 Å². The van der Waals surface area contributed by atoms with Gasteiger partial charge >= 0.3 is 0 Å². The van der Waals surface area contributed by atoms with Crippen molar-refractivity contribution in [1.29, 1.82) is 0 Å². The molecule has 2 fully saturated rings. The zero-order chi connectivity index (χ0) is 14.8. The molecule has 4 nitrogen and oxygen atoms in total. The van der Waals surface area contributed by atoms with Crippen LogP contribution in [0.2, 0.25) is 0 Å². The van der Waals surface area contributed by atoms with Crippen LogP contribution >= 0.6 is 11.8 Å². The number of hydrogen-bond donors (Lipinski definition) is 1. The second-order valence-electron chi connectivity index (χ2n) is 6.52. The molecule has 2 N–H and O–H groups in total. The highest BCUT2D eigenvalue weighted by molar-refractivity contribution is 8.00.